The summed E-state index contributed by atoms with van der Waals surface area (Å²) in [6.07, 6.45) is 4.96. The highest BCUT2D eigenvalue weighted by Crippen LogP contribution is 2.40. The summed E-state index contributed by atoms with van der Waals surface area (Å²) in [7, 11) is 0. The van der Waals surface area contributed by atoms with E-state index in [1.54, 1.807) is 35.5 Å². The minimum absolute atomic E-state index is 0.0286. The van der Waals surface area contributed by atoms with Crippen LogP contribution in [0.5, 0.6) is 0 Å². The van der Waals surface area contributed by atoms with Crippen LogP contribution in [-0.4, -0.2) is 54.2 Å². The fourth-order valence-electron chi connectivity index (χ4n) is 5.15. The van der Waals surface area contributed by atoms with Crippen LogP contribution in [0.2, 0.25) is 0 Å². The first-order valence-corrected chi connectivity index (χ1v) is 13.8. The van der Waals surface area contributed by atoms with Crippen LogP contribution in [0.3, 0.4) is 0 Å². The molecule has 0 unspecified atom stereocenters. The molecule has 0 spiro atoms. The number of rotatable bonds is 10. The highest BCUT2D eigenvalue weighted by molar-refractivity contribution is 6.00. The van der Waals surface area contributed by atoms with Gasteiger partial charge in [-0.1, -0.05) is 42.5 Å². The van der Waals surface area contributed by atoms with Gasteiger partial charge in [-0.05, 0) is 55.3 Å². The van der Waals surface area contributed by atoms with Gasteiger partial charge in [0.05, 0.1) is 23.8 Å². The van der Waals surface area contributed by atoms with E-state index in [1.807, 2.05) is 68.4 Å². The molecular weight excluding hydrogens is 544 g/mol. The number of aliphatic hydroxyl groups is 1. The van der Waals surface area contributed by atoms with Crippen LogP contribution in [-0.2, 0) is 5.54 Å². The number of nitrogens with one attached hydrogen (secondary N) is 2. The zero-order chi connectivity index (χ0) is 30.0. The number of hydrogen-bond acceptors (Lipinski definition) is 10. The van der Waals surface area contributed by atoms with Gasteiger partial charge >= 0.3 is 0 Å². The van der Waals surface area contributed by atoms with Crippen molar-refractivity contribution in [2.24, 2.45) is 0 Å². The Morgan fingerprint density at radius 2 is 1.81 bits per heavy atom. The Bertz CT molecular complexity index is 1770. The van der Waals surface area contributed by atoms with E-state index >= 15 is 0 Å². The van der Waals surface area contributed by atoms with E-state index in [0.29, 0.717) is 35.1 Å². The molecule has 1 atom stereocenters. The predicted octanol–water partition coefficient (Wildman–Crippen LogP) is 5.35. The Morgan fingerprint density at radius 1 is 1.02 bits per heavy atom. The van der Waals surface area contributed by atoms with Crippen LogP contribution in [0, 0.1) is 0 Å². The van der Waals surface area contributed by atoms with Crippen molar-refractivity contribution in [3.05, 3.63) is 108 Å². The monoisotopic (exact) mass is 574 g/mol. The first-order chi connectivity index (χ1) is 20.9. The third-order valence-electron chi connectivity index (χ3n) is 7.42. The lowest BCUT2D eigenvalue weighted by atomic mass is 9.93. The highest BCUT2D eigenvalue weighted by Gasteiger charge is 2.42. The van der Waals surface area contributed by atoms with E-state index in [-0.39, 0.29) is 24.3 Å². The maximum absolute atomic E-state index is 13.0. The largest absolute Gasteiger partial charge is 0.414 e. The standard InChI is InChI=1S/C32H30N8O3/c1-4-16-40-30(42)22-14-13-21(17-24(22)32(40,2)3)35-31-34-18-23(28-38-39-29(43-28)25-12-8-9-15-33-25)27(37-31)36-26(19-41)20-10-6-5-7-11-20/h4-15,17-18,26,41H,1,16,19H2,2-3H3,(H2,34,35,36,37)/t26-/m1/s1. The molecule has 0 fully saturated rings. The Kier molecular flexibility index (Phi) is 7.39. The van der Waals surface area contributed by atoms with Crippen molar-refractivity contribution in [1.82, 2.24) is 30.0 Å². The summed E-state index contributed by atoms with van der Waals surface area (Å²) in [6, 6.07) is 20.1. The summed E-state index contributed by atoms with van der Waals surface area (Å²) in [5, 5.41) is 25.2. The molecule has 2 aromatic carbocycles. The zero-order valence-corrected chi connectivity index (χ0v) is 23.7. The SMILES string of the molecule is C=CCN1C(=O)c2ccc(Nc3ncc(-c4nnc(-c5ccccn5)o4)c(N[C@H](CO)c4ccccc4)n3)cc2C1(C)C. The lowest BCUT2D eigenvalue weighted by molar-refractivity contribution is 0.0652. The van der Waals surface area contributed by atoms with Gasteiger partial charge in [0.25, 0.3) is 17.7 Å². The molecule has 4 heterocycles. The molecule has 6 rings (SSSR count). The molecule has 0 saturated heterocycles. The van der Waals surface area contributed by atoms with E-state index in [4.69, 9.17) is 9.40 Å². The van der Waals surface area contributed by atoms with Crippen molar-refractivity contribution < 1.29 is 14.3 Å². The topological polar surface area (TPSA) is 142 Å². The van der Waals surface area contributed by atoms with Crippen molar-refractivity contribution in [1.29, 1.82) is 0 Å². The number of fused-ring (bicyclic) bond motifs is 1. The lowest BCUT2D eigenvalue weighted by Gasteiger charge is -2.31. The molecule has 0 bridgehead atoms. The molecule has 11 nitrogen and oxygen atoms in total. The Hall–Kier alpha value is -5.42. The number of nitrogens with zero attached hydrogens (tertiary/aromatic N) is 6. The van der Waals surface area contributed by atoms with Crippen LogP contribution >= 0.6 is 0 Å². The van der Waals surface area contributed by atoms with E-state index < -0.39 is 11.6 Å². The second-order valence-corrected chi connectivity index (χ2v) is 10.5. The average molecular weight is 575 g/mol. The minimum Gasteiger partial charge on any atom is -0.414 e. The van der Waals surface area contributed by atoms with Crippen molar-refractivity contribution in [2.45, 2.75) is 25.4 Å². The van der Waals surface area contributed by atoms with Gasteiger partial charge < -0.3 is 25.1 Å². The molecule has 5 aromatic rings. The number of amides is 1. The molecule has 43 heavy (non-hydrogen) atoms. The van der Waals surface area contributed by atoms with Crippen molar-refractivity contribution in [3.8, 4) is 23.0 Å². The van der Waals surface area contributed by atoms with Gasteiger partial charge in [0.1, 0.15) is 11.5 Å². The first kappa shape index (κ1) is 27.7. The van der Waals surface area contributed by atoms with Crippen LogP contribution in [0.25, 0.3) is 23.0 Å². The molecule has 11 heteroatoms. The van der Waals surface area contributed by atoms with Crippen molar-refractivity contribution >= 4 is 23.4 Å². The van der Waals surface area contributed by atoms with Crippen LogP contribution < -0.4 is 10.6 Å². The fourth-order valence-corrected chi connectivity index (χ4v) is 5.15. The highest BCUT2D eigenvalue weighted by atomic mass is 16.4. The van der Waals surface area contributed by atoms with E-state index in [1.165, 1.54) is 0 Å². The second kappa shape index (κ2) is 11.5. The molecule has 1 amide bonds. The molecular formula is C32H30N8O3. The summed E-state index contributed by atoms with van der Waals surface area (Å²) in [5.74, 6) is 1.10. The Morgan fingerprint density at radius 3 is 2.56 bits per heavy atom. The molecule has 0 aliphatic carbocycles. The number of pyridine rings is 1. The number of benzene rings is 2. The average Bonchev–Trinajstić information content (AvgIpc) is 3.59. The second-order valence-electron chi connectivity index (χ2n) is 10.5. The maximum atomic E-state index is 13.0. The van der Waals surface area contributed by atoms with Gasteiger partial charge in [0.15, 0.2) is 0 Å². The summed E-state index contributed by atoms with van der Waals surface area (Å²) in [5.41, 5.74) is 3.63. The molecule has 216 valence electrons. The number of carbonyl (C=O) groups excluding carboxylic acids is 1. The maximum Gasteiger partial charge on any atom is 0.266 e. The third-order valence-corrected chi connectivity index (χ3v) is 7.42. The van der Waals surface area contributed by atoms with Gasteiger partial charge in [0.2, 0.25) is 5.95 Å². The summed E-state index contributed by atoms with van der Waals surface area (Å²) < 4.78 is 5.96. The van der Waals surface area contributed by atoms with Crippen LogP contribution in [0.4, 0.5) is 17.5 Å². The van der Waals surface area contributed by atoms with Gasteiger partial charge in [-0.2, -0.15) is 4.98 Å². The first-order valence-electron chi connectivity index (χ1n) is 13.8. The lowest BCUT2D eigenvalue weighted by Crippen LogP contribution is -2.39. The number of hydrogen-bond donors (Lipinski definition) is 3. The number of carbonyl (C=O) groups is 1. The van der Waals surface area contributed by atoms with Crippen LogP contribution in [0.1, 0.15) is 41.4 Å². The number of anilines is 3. The van der Waals surface area contributed by atoms with E-state index in [9.17, 15) is 9.90 Å². The molecule has 3 N–H and O–H groups in total. The number of aromatic nitrogens is 5. The number of aliphatic hydroxyl groups excluding tert-OH is 1. The van der Waals surface area contributed by atoms with E-state index in [0.717, 1.165) is 16.8 Å². The molecule has 1 aliphatic rings. The van der Waals surface area contributed by atoms with Crippen molar-refractivity contribution in [2.75, 3.05) is 23.8 Å². The zero-order valence-electron chi connectivity index (χ0n) is 23.7. The quantitative estimate of drug-likeness (QED) is 0.187. The summed E-state index contributed by atoms with van der Waals surface area (Å²) in [6.45, 7) is 8.09. The van der Waals surface area contributed by atoms with Crippen molar-refractivity contribution in [3.63, 3.8) is 0 Å². The van der Waals surface area contributed by atoms with E-state index in [2.05, 4.69) is 37.4 Å². The normalized spacial score (nSPS) is 14.3. The fraction of sp³-hybridized carbons (Fsp3) is 0.188. The van der Waals surface area contributed by atoms with Crippen LogP contribution in [0.15, 0.2) is 96.2 Å². The molecule has 3 aromatic heterocycles. The summed E-state index contributed by atoms with van der Waals surface area (Å²) >= 11 is 0. The molecule has 0 saturated carbocycles. The van der Waals surface area contributed by atoms with Gasteiger partial charge in [-0.25, -0.2) is 4.98 Å². The Labute approximate surface area is 248 Å². The molecule has 1 aliphatic heterocycles. The minimum atomic E-state index is -0.511. The van der Waals surface area contributed by atoms with Gasteiger partial charge in [-0.15, -0.1) is 16.8 Å². The molecule has 0 radical (unpaired) electrons. The Balaban J connectivity index is 1.35. The van der Waals surface area contributed by atoms with Gasteiger partial charge in [0, 0.05) is 30.2 Å². The third kappa shape index (κ3) is 5.33. The van der Waals surface area contributed by atoms with Gasteiger partial charge in [-0.3, -0.25) is 9.78 Å². The smallest absolute Gasteiger partial charge is 0.266 e. The summed E-state index contributed by atoms with van der Waals surface area (Å²) in [4.78, 5) is 28.4. The predicted molar refractivity (Wildman–Crippen MR) is 162 cm³/mol.